The maximum Gasteiger partial charge on any atom is 0.260 e. The number of nitrogens with one attached hydrogen (secondary N) is 1. The molecule has 1 fully saturated rings. The molecule has 0 bridgehead atoms. The molecule has 5 nitrogen and oxygen atoms in total. The molecule has 0 saturated carbocycles. The summed E-state index contributed by atoms with van der Waals surface area (Å²) >= 11 is 0. The minimum Gasteiger partial charge on any atom is -0.336 e. The van der Waals surface area contributed by atoms with Crippen molar-refractivity contribution in [2.24, 2.45) is 0 Å². The maximum atomic E-state index is 12.5. The van der Waals surface area contributed by atoms with E-state index < -0.39 is 0 Å². The number of amides is 1. The van der Waals surface area contributed by atoms with Gasteiger partial charge in [-0.05, 0) is 37.1 Å². The lowest BCUT2D eigenvalue weighted by Gasteiger charge is -2.34. The minimum atomic E-state index is -0.303. The van der Waals surface area contributed by atoms with E-state index in [1.165, 1.54) is 11.1 Å². The van der Waals surface area contributed by atoms with E-state index >= 15 is 0 Å². The molecule has 0 aliphatic carbocycles. The van der Waals surface area contributed by atoms with Crippen LogP contribution in [0, 0.1) is 13.8 Å². The van der Waals surface area contributed by atoms with E-state index in [2.05, 4.69) is 41.1 Å². The van der Waals surface area contributed by atoms with Gasteiger partial charge in [-0.25, -0.2) is 0 Å². The number of aromatic amines is 1. The van der Waals surface area contributed by atoms with Crippen LogP contribution in [0.15, 0.2) is 41.2 Å². The second-order valence-electron chi connectivity index (χ2n) is 6.38. The van der Waals surface area contributed by atoms with Gasteiger partial charge in [0.15, 0.2) is 0 Å². The van der Waals surface area contributed by atoms with Crippen molar-refractivity contribution in [2.45, 2.75) is 20.4 Å². The fourth-order valence-electron chi connectivity index (χ4n) is 3.05. The summed E-state index contributed by atoms with van der Waals surface area (Å²) in [7, 11) is 0. The minimum absolute atomic E-state index is 0.174. The van der Waals surface area contributed by atoms with Crippen LogP contribution in [-0.2, 0) is 6.54 Å². The summed E-state index contributed by atoms with van der Waals surface area (Å²) in [6.45, 7) is 7.78. The van der Waals surface area contributed by atoms with Crippen molar-refractivity contribution in [1.82, 2.24) is 14.8 Å². The molecule has 1 aliphatic rings. The fraction of sp³-hybridized carbons (Fsp3) is 0.368. The highest BCUT2D eigenvalue weighted by atomic mass is 16.2. The van der Waals surface area contributed by atoms with Gasteiger partial charge in [-0.15, -0.1) is 0 Å². The Bertz CT molecular complexity index is 789. The number of pyridine rings is 1. The Labute approximate surface area is 141 Å². The first-order valence-corrected chi connectivity index (χ1v) is 8.30. The Morgan fingerprint density at radius 3 is 2.42 bits per heavy atom. The Morgan fingerprint density at radius 1 is 1.04 bits per heavy atom. The van der Waals surface area contributed by atoms with Crippen LogP contribution in [0.1, 0.15) is 27.2 Å². The lowest BCUT2D eigenvalue weighted by atomic mass is 10.1. The monoisotopic (exact) mass is 325 g/mol. The van der Waals surface area contributed by atoms with Crippen LogP contribution in [0.3, 0.4) is 0 Å². The Kier molecular flexibility index (Phi) is 4.81. The summed E-state index contributed by atoms with van der Waals surface area (Å²) in [6, 6.07) is 11.8. The van der Waals surface area contributed by atoms with Gasteiger partial charge in [-0.1, -0.05) is 24.3 Å². The van der Waals surface area contributed by atoms with Gasteiger partial charge in [0.1, 0.15) is 5.56 Å². The molecule has 2 aromatic rings. The van der Waals surface area contributed by atoms with Crippen molar-refractivity contribution >= 4 is 5.91 Å². The molecular weight excluding hydrogens is 302 g/mol. The fourth-order valence-corrected chi connectivity index (χ4v) is 3.05. The lowest BCUT2D eigenvalue weighted by molar-refractivity contribution is 0.0626. The van der Waals surface area contributed by atoms with Crippen LogP contribution in [0.25, 0.3) is 0 Å². The van der Waals surface area contributed by atoms with E-state index in [0.29, 0.717) is 13.1 Å². The highest BCUT2D eigenvalue weighted by Gasteiger charge is 2.24. The van der Waals surface area contributed by atoms with Crippen molar-refractivity contribution in [1.29, 1.82) is 0 Å². The molecular formula is C19H23N3O2. The number of rotatable bonds is 3. The van der Waals surface area contributed by atoms with Gasteiger partial charge >= 0.3 is 0 Å². The van der Waals surface area contributed by atoms with Crippen LogP contribution in [0.2, 0.25) is 0 Å². The Balaban J connectivity index is 1.61. The number of H-pyrrole nitrogens is 1. The summed E-state index contributed by atoms with van der Waals surface area (Å²) < 4.78 is 0. The van der Waals surface area contributed by atoms with Gasteiger partial charge in [-0.3, -0.25) is 14.5 Å². The predicted octanol–water partition coefficient (Wildman–Crippen LogP) is 1.95. The van der Waals surface area contributed by atoms with E-state index in [4.69, 9.17) is 0 Å². The first-order valence-electron chi connectivity index (χ1n) is 8.30. The van der Waals surface area contributed by atoms with Gasteiger partial charge in [0, 0.05) is 38.4 Å². The molecule has 3 rings (SSSR count). The van der Waals surface area contributed by atoms with Crippen LogP contribution in [-0.4, -0.2) is 46.9 Å². The zero-order chi connectivity index (χ0) is 17.1. The maximum absolute atomic E-state index is 12.5. The van der Waals surface area contributed by atoms with E-state index in [0.717, 1.165) is 25.3 Å². The topological polar surface area (TPSA) is 56.4 Å². The van der Waals surface area contributed by atoms with Gasteiger partial charge in [0.2, 0.25) is 0 Å². The second-order valence-corrected chi connectivity index (χ2v) is 6.38. The number of carbonyl (C=O) groups is 1. The number of benzene rings is 1. The number of hydrogen-bond acceptors (Lipinski definition) is 3. The predicted molar refractivity (Wildman–Crippen MR) is 94.2 cm³/mol. The molecule has 1 aromatic carbocycles. The SMILES string of the molecule is Cc1ccc(C(=O)N2CCN(Cc3ccccc3C)CC2)c(=O)[nH]1. The molecule has 1 amide bonds. The third-order valence-corrected chi connectivity index (χ3v) is 4.60. The van der Waals surface area contributed by atoms with Crippen molar-refractivity contribution in [2.75, 3.05) is 26.2 Å². The van der Waals surface area contributed by atoms with Crippen molar-refractivity contribution in [3.63, 3.8) is 0 Å². The molecule has 5 heteroatoms. The summed E-state index contributed by atoms with van der Waals surface area (Å²) in [4.78, 5) is 31.3. The van der Waals surface area contributed by atoms with Crippen molar-refractivity contribution in [3.8, 4) is 0 Å². The quantitative estimate of drug-likeness (QED) is 0.938. The molecule has 0 spiro atoms. The highest BCUT2D eigenvalue weighted by Crippen LogP contribution is 2.13. The zero-order valence-electron chi connectivity index (χ0n) is 14.2. The van der Waals surface area contributed by atoms with E-state index in [9.17, 15) is 9.59 Å². The number of piperazine rings is 1. The second kappa shape index (κ2) is 7.01. The standard InChI is InChI=1S/C19H23N3O2/c1-14-5-3-4-6-16(14)13-21-9-11-22(12-10-21)19(24)17-8-7-15(2)20-18(17)23/h3-8H,9-13H2,1-2H3,(H,20,23). The van der Waals surface area contributed by atoms with Crippen LogP contribution in [0.4, 0.5) is 0 Å². The van der Waals surface area contributed by atoms with Crippen LogP contribution in [0.5, 0.6) is 0 Å². The largest absolute Gasteiger partial charge is 0.336 e. The number of aryl methyl sites for hydroxylation is 2. The summed E-state index contributed by atoms with van der Waals surface area (Å²) in [5.41, 5.74) is 3.31. The summed E-state index contributed by atoms with van der Waals surface area (Å²) in [5.74, 6) is -0.174. The molecule has 2 heterocycles. The van der Waals surface area contributed by atoms with E-state index in [1.807, 2.05) is 0 Å². The first kappa shape index (κ1) is 16.5. The third kappa shape index (κ3) is 3.57. The zero-order valence-corrected chi connectivity index (χ0v) is 14.2. The molecule has 1 aliphatic heterocycles. The molecule has 126 valence electrons. The van der Waals surface area contributed by atoms with Gasteiger partial charge in [0.25, 0.3) is 11.5 Å². The van der Waals surface area contributed by atoms with Crippen LogP contribution < -0.4 is 5.56 Å². The molecule has 1 saturated heterocycles. The van der Waals surface area contributed by atoms with E-state index in [1.54, 1.807) is 24.0 Å². The summed E-state index contributed by atoms with van der Waals surface area (Å²) in [5, 5.41) is 0. The van der Waals surface area contributed by atoms with Gasteiger partial charge in [0.05, 0.1) is 0 Å². The molecule has 1 aromatic heterocycles. The number of aromatic nitrogens is 1. The average Bonchev–Trinajstić information content (AvgIpc) is 2.57. The highest BCUT2D eigenvalue weighted by molar-refractivity contribution is 5.93. The Hall–Kier alpha value is -2.40. The van der Waals surface area contributed by atoms with Crippen LogP contribution >= 0.6 is 0 Å². The first-order chi connectivity index (χ1) is 11.5. The number of hydrogen-bond donors (Lipinski definition) is 1. The third-order valence-electron chi connectivity index (χ3n) is 4.60. The van der Waals surface area contributed by atoms with Gasteiger partial charge in [-0.2, -0.15) is 0 Å². The van der Waals surface area contributed by atoms with Crippen molar-refractivity contribution in [3.05, 3.63) is 69.1 Å². The molecule has 0 unspecified atom stereocenters. The van der Waals surface area contributed by atoms with Gasteiger partial charge < -0.3 is 9.88 Å². The normalized spacial score (nSPS) is 15.5. The number of carbonyl (C=O) groups excluding carboxylic acids is 1. The van der Waals surface area contributed by atoms with E-state index in [-0.39, 0.29) is 17.0 Å². The summed E-state index contributed by atoms with van der Waals surface area (Å²) in [6.07, 6.45) is 0. The molecule has 0 radical (unpaired) electrons. The molecule has 0 atom stereocenters. The number of nitrogens with zero attached hydrogens (tertiary/aromatic N) is 2. The lowest BCUT2D eigenvalue weighted by Crippen LogP contribution is -2.49. The molecule has 1 N–H and O–H groups in total. The molecule has 24 heavy (non-hydrogen) atoms. The smallest absolute Gasteiger partial charge is 0.260 e. The average molecular weight is 325 g/mol. The Morgan fingerprint density at radius 2 is 1.75 bits per heavy atom. The van der Waals surface area contributed by atoms with Crippen molar-refractivity contribution < 1.29 is 4.79 Å².